The number of aromatic nitrogens is 4. The number of hydrogen-bond acceptors (Lipinski definition) is 4. The summed E-state index contributed by atoms with van der Waals surface area (Å²) in [7, 11) is 1.77. The number of carbonyl (C=O) groups is 1. The molecule has 0 atom stereocenters. The number of aryl methyl sites for hydroxylation is 2. The van der Waals surface area contributed by atoms with E-state index < -0.39 is 0 Å². The average molecular weight is 230 g/mol. The number of pyridine rings is 1. The third-order valence-corrected chi connectivity index (χ3v) is 2.66. The predicted octanol–water partition coefficient (Wildman–Crippen LogP) is 1.20. The number of nitrogens with zero attached hydrogens (tertiary/aromatic N) is 4. The highest BCUT2D eigenvalue weighted by molar-refractivity contribution is 5.96. The Labute approximate surface area is 99.5 Å². The molecule has 17 heavy (non-hydrogen) atoms. The van der Waals surface area contributed by atoms with Gasteiger partial charge in [-0.05, 0) is 18.1 Å². The third kappa shape index (κ3) is 2.38. The van der Waals surface area contributed by atoms with Crippen molar-refractivity contribution in [3.8, 4) is 0 Å². The molecule has 0 fully saturated rings. The van der Waals surface area contributed by atoms with Crippen LogP contribution in [0.15, 0.2) is 24.7 Å². The minimum atomic E-state index is -0.0152. The van der Waals surface area contributed by atoms with Crippen LogP contribution in [0.5, 0.6) is 0 Å². The fraction of sp³-hybridized carbons (Fsp3) is 0.333. The molecule has 0 saturated carbocycles. The lowest BCUT2D eigenvalue weighted by Gasteiger charge is -2.04. The lowest BCUT2D eigenvalue weighted by molar-refractivity contribution is 0.0984. The Kier molecular flexibility index (Phi) is 3.27. The van der Waals surface area contributed by atoms with Crippen LogP contribution in [0.2, 0.25) is 0 Å². The summed E-state index contributed by atoms with van der Waals surface area (Å²) in [5, 5.41) is 3.94. The monoisotopic (exact) mass is 230 g/mol. The normalized spacial score (nSPS) is 10.5. The number of carbonyl (C=O) groups excluding carboxylic acids is 1. The Morgan fingerprint density at radius 2 is 2.24 bits per heavy atom. The molecule has 2 heterocycles. The van der Waals surface area contributed by atoms with Gasteiger partial charge in [0.05, 0.1) is 6.42 Å². The lowest BCUT2D eigenvalue weighted by Crippen LogP contribution is -2.12. The summed E-state index contributed by atoms with van der Waals surface area (Å²) in [6.07, 6.45) is 4.12. The van der Waals surface area contributed by atoms with Crippen LogP contribution in [0.3, 0.4) is 0 Å². The molecule has 0 aliphatic carbocycles. The second kappa shape index (κ2) is 4.86. The zero-order chi connectivity index (χ0) is 12.3. The van der Waals surface area contributed by atoms with Crippen LogP contribution in [0.25, 0.3) is 0 Å². The van der Waals surface area contributed by atoms with Gasteiger partial charge in [-0.25, -0.2) is 4.98 Å². The number of hydrogen-bond donors (Lipinski definition) is 0. The van der Waals surface area contributed by atoms with Gasteiger partial charge in [-0.15, -0.1) is 0 Å². The largest absolute Gasteiger partial charge is 0.292 e. The molecular weight excluding hydrogens is 216 g/mol. The predicted molar refractivity (Wildman–Crippen MR) is 62.7 cm³/mol. The van der Waals surface area contributed by atoms with E-state index in [2.05, 4.69) is 15.1 Å². The SMILES string of the molecule is CCc1cccnc1C(=O)Cc1ncnn1C. The van der Waals surface area contributed by atoms with Crippen LogP contribution >= 0.6 is 0 Å². The summed E-state index contributed by atoms with van der Waals surface area (Å²) in [5.74, 6) is 0.640. The fourth-order valence-corrected chi connectivity index (χ4v) is 1.68. The van der Waals surface area contributed by atoms with E-state index in [9.17, 15) is 4.79 Å². The minimum Gasteiger partial charge on any atom is -0.292 e. The van der Waals surface area contributed by atoms with Crippen LogP contribution in [0, 0.1) is 0 Å². The van der Waals surface area contributed by atoms with E-state index in [1.54, 1.807) is 17.9 Å². The van der Waals surface area contributed by atoms with Crippen molar-refractivity contribution in [3.05, 3.63) is 41.7 Å². The van der Waals surface area contributed by atoms with Crippen LogP contribution in [0.4, 0.5) is 0 Å². The van der Waals surface area contributed by atoms with E-state index >= 15 is 0 Å². The molecule has 2 rings (SSSR count). The zero-order valence-electron chi connectivity index (χ0n) is 9.92. The molecule has 0 aliphatic rings. The van der Waals surface area contributed by atoms with Crippen molar-refractivity contribution in [3.63, 3.8) is 0 Å². The molecule has 0 spiro atoms. The van der Waals surface area contributed by atoms with E-state index in [0.29, 0.717) is 11.5 Å². The van der Waals surface area contributed by atoms with E-state index in [4.69, 9.17) is 0 Å². The quantitative estimate of drug-likeness (QED) is 0.740. The molecular formula is C12H14N4O. The smallest absolute Gasteiger partial charge is 0.189 e. The molecule has 0 aromatic carbocycles. The minimum absolute atomic E-state index is 0.0152. The van der Waals surface area contributed by atoms with Crippen molar-refractivity contribution >= 4 is 5.78 Å². The first-order valence-electron chi connectivity index (χ1n) is 5.52. The molecule has 0 N–H and O–H groups in total. The van der Waals surface area contributed by atoms with E-state index in [1.165, 1.54) is 6.33 Å². The van der Waals surface area contributed by atoms with Gasteiger partial charge in [0.15, 0.2) is 5.78 Å². The van der Waals surface area contributed by atoms with E-state index in [-0.39, 0.29) is 12.2 Å². The maximum atomic E-state index is 12.1. The lowest BCUT2D eigenvalue weighted by atomic mass is 10.1. The fourth-order valence-electron chi connectivity index (χ4n) is 1.68. The van der Waals surface area contributed by atoms with Gasteiger partial charge in [0.1, 0.15) is 17.8 Å². The highest BCUT2D eigenvalue weighted by atomic mass is 16.1. The summed E-state index contributed by atoms with van der Waals surface area (Å²) >= 11 is 0. The van der Waals surface area contributed by atoms with Gasteiger partial charge >= 0.3 is 0 Å². The van der Waals surface area contributed by atoms with Crippen LogP contribution < -0.4 is 0 Å². The van der Waals surface area contributed by atoms with Crippen molar-refractivity contribution in [1.29, 1.82) is 0 Å². The van der Waals surface area contributed by atoms with Gasteiger partial charge < -0.3 is 0 Å². The number of Topliss-reactive ketones (excluding diaryl/α,β-unsaturated/α-hetero) is 1. The average Bonchev–Trinajstić information content (AvgIpc) is 2.75. The molecule has 0 bridgehead atoms. The van der Waals surface area contributed by atoms with Crippen molar-refractivity contribution in [2.24, 2.45) is 7.05 Å². The van der Waals surface area contributed by atoms with Gasteiger partial charge in [0.2, 0.25) is 0 Å². The van der Waals surface area contributed by atoms with Crippen molar-refractivity contribution in [2.45, 2.75) is 19.8 Å². The van der Waals surface area contributed by atoms with Gasteiger partial charge in [0, 0.05) is 13.2 Å². The zero-order valence-corrected chi connectivity index (χ0v) is 9.92. The Morgan fingerprint density at radius 1 is 1.41 bits per heavy atom. The van der Waals surface area contributed by atoms with E-state index in [0.717, 1.165) is 12.0 Å². The summed E-state index contributed by atoms with van der Waals surface area (Å²) < 4.78 is 1.60. The van der Waals surface area contributed by atoms with Crippen LogP contribution in [-0.4, -0.2) is 25.5 Å². The van der Waals surface area contributed by atoms with Gasteiger partial charge in [0.25, 0.3) is 0 Å². The van der Waals surface area contributed by atoms with Crippen LogP contribution in [0.1, 0.15) is 28.8 Å². The molecule has 2 aromatic heterocycles. The molecule has 5 nitrogen and oxygen atoms in total. The standard InChI is InChI=1S/C12H14N4O/c1-3-9-5-4-6-13-12(9)10(17)7-11-14-8-15-16(11)2/h4-6,8H,3,7H2,1-2H3. The second-order valence-electron chi connectivity index (χ2n) is 3.76. The number of ketones is 1. The van der Waals surface area contributed by atoms with Crippen molar-refractivity contribution in [1.82, 2.24) is 19.7 Å². The maximum absolute atomic E-state index is 12.1. The van der Waals surface area contributed by atoms with Crippen LogP contribution in [-0.2, 0) is 19.9 Å². The van der Waals surface area contributed by atoms with Gasteiger partial charge in [-0.3, -0.25) is 14.5 Å². The summed E-state index contributed by atoms with van der Waals surface area (Å²) in [6.45, 7) is 2.01. The Hall–Kier alpha value is -2.04. The summed E-state index contributed by atoms with van der Waals surface area (Å²) in [5.41, 5.74) is 1.51. The van der Waals surface area contributed by atoms with Crippen molar-refractivity contribution < 1.29 is 4.79 Å². The highest BCUT2D eigenvalue weighted by Crippen LogP contribution is 2.09. The molecule has 0 saturated heterocycles. The maximum Gasteiger partial charge on any atom is 0.189 e. The Morgan fingerprint density at radius 3 is 2.88 bits per heavy atom. The second-order valence-corrected chi connectivity index (χ2v) is 3.76. The first-order valence-corrected chi connectivity index (χ1v) is 5.52. The molecule has 2 aromatic rings. The molecule has 5 heteroatoms. The van der Waals surface area contributed by atoms with Gasteiger partial charge in [-0.2, -0.15) is 5.10 Å². The topological polar surface area (TPSA) is 60.7 Å². The summed E-state index contributed by atoms with van der Waals surface area (Å²) in [6, 6.07) is 3.77. The Balaban J connectivity index is 2.23. The van der Waals surface area contributed by atoms with Crippen molar-refractivity contribution in [2.75, 3.05) is 0 Å². The summed E-state index contributed by atoms with van der Waals surface area (Å²) in [4.78, 5) is 20.3. The van der Waals surface area contributed by atoms with E-state index in [1.807, 2.05) is 19.1 Å². The molecule has 0 amide bonds. The number of rotatable bonds is 4. The molecule has 0 aliphatic heterocycles. The third-order valence-electron chi connectivity index (χ3n) is 2.66. The Bertz CT molecular complexity index is 533. The highest BCUT2D eigenvalue weighted by Gasteiger charge is 2.14. The first kappa shape index (κ1) is 11.4. The first-order chi connectivity index (χ1) is 8.22. The molecule has 88 valence electrons. The molecule has 0 radical (unpaired) electrons. The molecule has 0 unspecified atom stereocenters. The van der Waals surface area contributed by atoms with Gasteiger partial charge in [-0.1, -0.05) is 13.0 Å².